The van der Waals surface area contributed by atoms with Crippen molar-refractivity contribution < 1.29 is 14.3 Å². The molecule has 0 aliphatic rings. The van der Waals surface area contributed by atoms with Gasteiger partial charge in [0.15, 0.2) is 0 Å². The highest BCUT2D eigenvalue weighted by Crippen LogP contribution is 2.26. The zero-order chi connectivity index (χ0) is 16.2. The van der Waals surface area contributed by atoms with Crippen molar-refractivity contribution in [3.8, 4) is 11.5 Å². The summed E-state index contributed by atoms with van der Waals surface area (Å²) >= 11 is 4.79. The second-order valence-electron chi connectivity index (χ2n) is 4.67. The number of carbonyl (C=O) groups is 1. The van der Waals surface area contributed by atoms with Crippen molar-refractivity contribution in [3.05, 3.63) is 64.1 Å². The van der Waals surface area contributed by atoms with E-state index in [-0.39, 0.29) is 5.56 Å². The van der Waals surface area contributed by atoms with Gasteiger partial charge in [0.2, 0.25) is 5.89 Å². The molecule has 7 heteroatoms. The van der Waals surface area contributed by atoms with Crippen LogP contribution in [0.4, 0.5) is 0 Å². The molecule has 0 bridgehead atoms. The molecular formula is C16H11BrN2O3S. The van der Waals surface area contributed by atoms with Crippen molar-refractivity contribution in [1.82, 2.24) is 10.2 Å². The van der Waals surface area contributed by atoms with Crippen molar-refractivity contribution in [3.63, 3.8) is 0 Å². The number of nitrogens with zero attached hydrogens (tertiary/aromatic N) is 2. The maximum absolute atomic E-state index is 10.8. The largest absolute Gasteiger partial charge is 0.478 e. The molecule has 23 heavy (non-hydrogen) atoms. The Morgan fingerprint density at radius 2 is 1.78 bits per heavy atom. The van der Waals surface area contributed by atoms with Gasteiger partial charge in [-0.2, -0.15) is 0 Å². The molecule has 2 aromatic carbocycles. The molecule has 0 aliphatic heterocycles. The molecule has 3 aromatic rings. The van der Waals surface area contributed by atoms with E-state index in [9.17, 15) is 4.79 Å². The second kappa shape index (κ2) is 6.97. The molecule has 0 saturated heterocycles. The maximum atomic E-state index is 10.8. The molecule has 0 spiro atoms. The quantitative estimate of drug-likeness (QED) is 0.646. The summed E-state index contributed by atoms with van der Waals surface area (Å²) in [4.78, 5) is 10.8. The Morgan fingerprint density at radius 3 is 2.43 bits per heavy atom. The van der Waals surface area contributed by atoms with Gasteiger partial charge in [-0.15, -0.1) is 10.2 Å². The highest BCUT2D eigenvalue weighted by atomic mass is 79.9. The lowest BCUT2D eigenvalue weighted by Gasteiger charge is -1.99. The summed E-state index contributed by atoms with van der Waals surface area (Å²) in [7, 11) is 0. The first kappa shape index (κ1) is 15.8. The Kier molecular flexibility index (Phi) is 4.78. The van der Waals surface area contributed by atoms with Crippen LogP contribution in [0.3, 0.4) is 0 Å². The van der Waals surface area contributed by atoms with Crippen LogP contribution in [-0.4, -0.2) is 21.3 Å². The molecule has 1 heterocycles. The van der Waals surface area contributed by atoms with Crippen LogP contribution in [0.1, 0.15) is 15.9 Å². The van der Waals surface area contributed by atoms with E-state index in [2.05, 4.69) is 26.1 Å². The minimum absolute atomic E-state index is 0.272. The van der Waals surface area contributed by atoms with Crippen molar-refractivity contribution in [2.75, 3.05) is 0 Å². The standard InChI is InChI=1S/C16H11BrN2O3S/c17-13-7-5-11(6-8-13)14-18-19-16(22-14)23-9-10-1-3-12(4-2-10)15(20)21/h1-8H,9H2,(H,20,21). The molecule has 1 N–H and O–H groups in total. The van der Waals surface area contributed by atoms with E-state index in [0.29, 0.717) is 16.9 Å². The summed E-state index contributed by atoms with van der Waals surface area (Å²) in [6.07, 6.45) is 0. The smallest absolute Gasteiger partial charge is 0.335 e. The van der Waals surface area contributed by atoms with Crippen molar-refractivity contribution >= 4 is 33.7 Å². The zero-order valence-corrected chi connectivity index (χ0v) is 14.2. The molecule has 0 amide bonds. The Morgan fingerprint density at radius 1 is 1.09 bits per heavy atom. The number of aromatic nitrogens is 2. The fourth-order valence-electron chi connectivity index (χ4n) is 1.87. The van der Waals surface area contributed by atoms with Crippen molar-refractivity contribution in [2.45, 2.75) is 11.0 Å². The Hall–Kier alpha value is -2.12. The van der Waals surface area contributed by atoms with Gasteiger partial charge >= 0.3 is 5.97 Å². The number of halogens is 1. The molecule has 0 atom stereocenters. The molecule has 5 nitrogen and oxygen atoms in total. The highest BCUT2D eigenvalue weighted by Gasteiger charge is 2.09. The number of carboxylic acids is 1. The molecular weight excluding hydrogens is 380 g/mol. The molecule has 0 unspecified atom stereocenters. The summed E-state index contributed by atoms with van der Waals surface area (Å²) < 4.78 is 6.61. The van der Waals surface area contributed by atoms with Crippen molar-refractivity contribution in [2.24, 2.45) is 0 Å². The van der Waals surface area contributed by atoms with Crippen LogP contribution in [0.25, 0.3) is 11.5 Å². The summed E-state index contributed by atoms with van der Waals surface area (Å²) in [5.41, 5.74) is 2.12. The topological polar surface area (TPSA) is 76.2 Å². The van der Waals surface area contributed by atoms with Crippen LogP contribution in [0, 0.1) is 0 Å². The molecule has 0 aliphatic carbocycles. The molecule has 1 aromatic heterocycles. The van der Waals surface area contributed by atoms with Crippen LogP contribution >= 0.6 is 27.7 Å². The number of benzene rings is 2. The Balaban J connectivity index is 1.65. The first-order valence-electron chi connectivity index (χ1n) is 6.66. The predicted octanol–water partition coefficient (Wildman–Crippen LogP) is 4.49. The van der Waals surface area contributed by atoms with Crippen LogP contribution < -0.4 is 0 Å². The highest BCUT2D eigenvalue weighted by molar-refractivity contribution is 9.10. The zero-order valence-electron chi connectivity index (χ0n) is 11.8. The molecule has 0 saturated carbocycles. The van der Waals surface area contributed by atoms with Crippen LogP contribution in [-0.2, 0) is 5.75 Å². The van der Waals surface area contributed by atoms with E-state index in [1.54, 1.807) is 24.3 Å². The lowest BCUT2D eigenvalue weighted by Crippen LogP contribution is -1.95. The SMILES string of the molecule is O=C(O)c1ccc(CSc2nnc(-c3ccc(Br)cc3)o2)cc1. The third-order valence-electron chi connectivity index (χ3n) is 3.06. The number of aromatic carboxylic acids is 1. The fraction of sp³-hybridized carbons (Fsp3) is 0.0625. The predicted molar refractivity (Wildman–Crippen MR) is 90.4 cm³/mol. The van der Waals surface area contributed by atoms with Gasteiger partial charge < -0.3 is 9.52 Å². The average Bonchev–Trinajstić information content (AvgIpc) is 3.03. The Labute approximate surface area is 144 Å². The first-order valence-corrected chi connectivity index (χ1v) is 8.44. The number of hydrogen-bond donors (Lipinski definition) is 1. The summed E-state index contributed by atoms with van der Waals surface area (Å²) in [5, 5.41) is 17.4. The van der Waals surface area contributed by atoms with E-state index in [1.165, 1.54) is 11.8 Å². The average molecular weight is 391 g/mol. The maximum Gasteiger partial charge on any atom is 0.335 e. The van der Waals surface area contributed by atoms with Crippen LogP contribution in [0.2, 0.25) is 0 Å². The van der Waals surface area contributed by atoms with Crippen LogP contribution in [0.5, 0.6) is 0 Å². The van der Waals surface area contributed by atoms with Gasteiger partial charge in [0.1, 0.15) is 0 Å². The lowest BCUT2D eigenvalue weighted by molar-refractivity contribution is 0.0697. The van der Waals surface area contributed by atoms with Gasteiger partial charge in [-0.05, 0) is 42.0 Å². The Bertz CT molecular complexity index is 816. The minimum atomic E-state index is -0.930. The molecule has 3 rings (SSSR count). The summed E-state index contributed by atoms with van der Waals surface area (Å²) in [6, 6.07) is 14.4. The van der Waals surface area contributed by atoms with Gasteiger partial charge in [0.25, 0.3) is 5.22 Å². The first-order chi connectivity index (χ1) is 11.1. The van der Waals surface area contributed by atoms with E-state index >= 15 is 0 Å². The van der Waals surface area contributed by atoms with E-state index in [4.69, 9.17) is 9.52 Å². The van der Waals surface area contributed by atoms with Gasteiger partial charge in [0, 0.05) is 15.8 Å². The lowest BCUT2D eigenvalue weighted by atomic mass is 10.1. The number of carboxylic acid groups (broad SMARTS) is 1. The van der Waals surface area contributed by atoms with Crippen molar-refractivity contribution in [1.29, 1.82) is 0 Å². The summed E-state index contributed by atoms with van der Waals surface area (Å²) in [6.45, 7) is 0. The molecule has 0 fully saturated rings. The monoisotopic (exact) mass is 390 g/mol. The minimum Gasteiger partial charge on any atom is -0.478 e. The van der Waals surface area contributed by atoms with Gasteiger partial charge in [-0.1, -0.05) is 39.8 Å². The van der Waals surface area contributed by atoms with E-state index in [0.717, 1.165) is 15.6 Å². The normalized spacial score (nSPS) is 10.7. The number of rotatable bonds is 5. The van der Waals surface area contributed by atoms with Gasteiger partial charge in [-0.25, -0.2) is 4.79 Å². The molecule has 0 radical (unpaired) electrons. The fourth-order valence-corrected chi connectivity index (χ4v) is 2.85. The van der Waals surface area contributed by atoms with Gasteiger partial charge in [-0.3, -0.25) is 0 Å². The third-order valence-corrected chi connectivity index (χ3v) is 4.48. The van der Waals surface area contributed by atoms with E-state index in [1.807, 2.05) is 24.3 Å². The third kappa shape index (κ3) is 4.00. The number of hydrogen-bond acceptors (Lipinski definition) is 5. The summed E-state index contributed by atoms with van der Waals surface area (Å²) in [5.74, 6) is 0.170. The van der Waals surface area contributed by atoms with Gasteiger partial charge in [0.05, 0.1) is 5.56 Å². The second-order valence-corrected chi connectivity index (χ2v) is 6.51. The van der Waals surface area contributed by atoms with E-state index < -0.39 is 5.97 Å². The molecule has 116 valence electrons. The number of thioether (sulfide) groups is 1. The van der Waals surface area contributed by atoms with Crippen LogP contribution in [0.15, 0.2) is 62.6 Å².